The number of phenolic OH excluding ortho intramolecular Hbond substituents is 1. The number of carbonyl (C=O) groups excluding carboxylic acids is 1. The molecule has 0 aliphatic heterocycles. The maximum atomic E-state index is 10.8. The number of aldehydes is 1. The summed E-state index contributed by atoms with van der Waals surface area (Å²) in [6.45, 7) is 0.306. The second-order valence-corrected chi connectivity index (χ2v) is 4.32. The Morgan fingerprint density at radius 1 is 1.05 bits per heavy atom. The fourth-order valence-corrected chi connectivity index (χ4v) is 1.81. The van der Waals surface area contributed by atoms with Gasteiger partial charge in [-0.15, -0.1) is 0 Å². The molecule has 2 aromatic carbocycles. The SMILES string of the molecule is COc1ccc(COc2cc(O)c(C=O)cc2OC)cc1. The van der Waals surface area contributed by atoms with E-state index in [4.69, 9.17) is 14.2 Å². The Morgan fingerprint density at radius 2 is 1.76 bits per heavy atom. The molecule has 0 saturated carbocycles. The van der Waals surface area contributed by atoms with Gasteiger partial charge in [0.2, 0.25) is 0 Å². The highest BCUT2D eigenvalue weighted by molar-refractivity contribution is 5.81. The molecule has 110 valence electrons. The minimum atomic E-state index is -0.143. The van der Waals surface area contributed by atoms with Crippen molar-refractivity contribution in [2.24, 2.45) is 0 Å². The topological polar surface area (TPSA) is 65.0 Å². The van der Waals surface area contributed by atoms with Crippen molar-refractivity contribution in [3.05, 3.63) is 47.5 Å². The van der Waals surface area contributed by atoms with Crippen molar-refractivity contribution in [2.45, 2.75) is 6.61 Å². The number of phenols is 1. The van der Waals surface area contributed by atoms with Gasteiger partial charge in [0.05, 0.1) is 19.8 Å². The van der Waals surface area contributed by atoms with Crippen molar-refractivity contribution in [3.63, 3.8) is 0 Å². The maximum absolute atomic E-state index is 10.8. The summed E-state index contributed by atoms with van der Waals surface area (Å²) in [5, 5.41) is 9.69. The first-order chi connectivity index (χ1) is 10.2. The van der Waals surface area contributed by atoms with Gasteiger partial charge >= 0.3 is 0 Å². The molecular weight excluding hydrogens is 272 g/mol. The molecule has 0 aromatic heterocycles. The quantitative estimate of drug-likeness (QED) is 0.828. The Balaban J connectivity index is 2.14. The van der Waals surface area contributed by atoms with Gasteiger partial charge in [-0.05, 0) is 23.8 Å². The summed E-state index contributed by atoms with van der Waals surface area (Å²) in [7, 11) is 3.08. The van der Waals surface area contributed by atoms with E-state index in [2.05, 4.69) is 0 Å². The Bertz CT molecular complexity index is 619. The van der Waals surface area contributed by atoms with Crippen LogP contribution >= 0.6 is 0 Å². The monoisotopic (exact) mass is 288 g/mol. The van der Waals surface area contributed by atoms with E-state index in [9.17, 15) is 9.90 Å². The van der Waals surface area contributed by atoms with Gasteiger partial charge in [-0.2, -0.15) is 0 Å². The smallest absolute Gasteiger partial charge is 0.165 e. The maximum Gasteiger partial charge on any atom is 0.165 e. The van der Waals surface area contributed by atoms with Crippen molar-refractivity contribution in [2.75, 3.05) is 14.2 Å². The van der Waals surface area contributed by atoms with E-state index in [0.29, 0.717) is 24.4 Å². The molecule has 5 nitrogen and oxygen atoms in total. The number of rotatable bonds is 6. The zero-order valence-electron chi connectivity index (χ0n) is 11.8. The van der Waals surface area contributed by atoms with Crippen molar-refractivity contribution < 1.29 is 24.1 Å². The molecule has 0 atom stereocenters. The fraction of sp³-hybridized carbons (Fsp3) is 0.188. The number of carbonyl (C=O) groups is 1. The highest BCUT2D eigenvalue weighted by Crippen LogP contribution is 2.34. The van der Waals surface area contributed by atoms with Crippen LogP contribution in [0.5, 0.6) is 23.0 Å². The third-order valence-corrected chi connectivity index (χ3v) is 2.99. The van der Waals surface area contributed by atoms with Crippen LogP contribution in [0.15, 0.2) is 36.4 Å². The average Bonchev–Trinajstić information content (AvgIpc) is 2.53. The number of ether oxygens (including phenoxy) is 3. The van der Waals surface area contributed by atoms with Crippen LogP contribution in [0.1, 0.15) is 15.9 Å². The number of aromatic hydroxyl groups is 1. The lowest BCUT2D eigenvalue weighted by molar-refractivity contribution is 0.112. The minimum Gasteiger partial charge on any atom is -0.507 e. The third-order valence-electron chi connectivity index (χ3n) is 2.99. The molecule has 0 radical (unpaired) electrons. The fourth-order valence-electron chi connectivity index (χ4n) is 1.81. The molecule has 0 aliphatic rings. The van der Waals surface area contributed by atoms with E-state index >= 15 is 0 Å². The second-order valence-electron chi connectivity index (χ2n) is 4.32. The van der Waals surface area contributed by atoms with Crippen LogP contribution in [0.4, 0.5) is 0 Å². The molecule has 21 heavy (non-hydrogen) atoms. The first-order valence-corrected chi connectivity index (χ1v) is 6.30. The van der Waals surface area contributed by atoms with E-state index in [1.54, 1.807) is 7.11 Å². The normalized spacial score (nSPS) is 10.0. The third kappa shape index (κ3) is 3.45. The summed E-state index contributed by atoms with van der Waals surface area (Å²) in [5.74, 6) is 1.39. The zero-order chi connectivity index (χ0) is 15.2. The van der Waals surface area contributed by atoms with E-state index in [1.807, 2.05) is 24.3 Å². The van der Waals surface area contributed by atoms with E-state index in [1.165, 1.54) is 19.2 Å². The van der Waals surface area contributed by atoms with Gasteiger partial charge in [0, 0.05) is 6.07 Å². The Hall–Kier alpha value is -2.69. The standard InChI is InChI=1S/C16H16O5/c1-19-13-5-3-11(4-6-13)10-21-16-8-14(18)12(9-17)7-15(16)20-2/h3-9,18H,10H2,1-2H3. The van der Waals surface area contributed by atoms with Crippen LogP contribution in [0, 0.1) is 0 Å². The van der Waals surface area contributed by atoms with Gasteiger partial charge in [-0.3, -0.25) is 4.79 Å². The summed E-state index contributed by atoms with van der Waals surface area (Å²) in [6, 6.07) is 10.2. The predicted octanol–water partition coefficient (Wildman–Crippen LogP) is 2.80. The van der Waals surface area contributed by atoms with Crippen molar-refractivity contribution in [1.82, 2.24) is 0 Å². The molecule has 0 aliphatic carbocycles. The summed E-state index contributed by atoms with van der Waals surface area (Å²) in [6.07, 6.45) is 0.561. The summed E-state index contributed by atoms with van der Waals surface area (Å²) >= 11 is 0. The number of methoxy groups -OCH3 is 2. The Kier molecular flexibility index (Phi) is 4.66. The Labute approximate surface area is 122 Å². The first kappa shape index (κ1) is 14.7. The molecule has 0 spiro atoms. The number of benzene rings is 2. The molecule has 0 bridgehead atoms. The molecule has 2 aromatic rings. The molecule has 2 rings (SSSR count). The predicted molar refractivity (Wildman–Crippen MR) is 77.4 cm³/mol. The lowest BCUT2D eigenvalue weighted by atomic mass is 10.2. The van der Waals surface area contributed by atoms with E-state index in [0.717, 1.165) is 11.3 Å². The van der Waals surface area contributed by atoms with Crippen molar-refractivity contribution in [1.29, 1.82) is 0 Å². The van der Waals surface area contributed by atoms with Crippen LogP contribution in [0.3, 0.4) is 0 Å². The highest BCUT2D eigenvalue weighted by atomic mass is 16.5. The number of hydrogen-bond donors (Lipinski definition) is 1. The number of hydrogen-bond acceptors (Lipinski definition) is 5. The lowest BCUT2D eigenvalue weighted by Crippen LogP contribution is -1.99. The molecule has 1 N–H and O–H groups in total. The van der Waals surface area contributed by atoms with Gasteiger partial charge in [0.1, 0.15) is 18.1 Å². The summed E-state index contributed by atoms with van der Waals surface area (Å²) in [4.78, 5) is 10.8. The minimum absolute atomic E-state index is 0.143. The van der Waals surface area contributed by atoms with Crippen molar-refractivity contribution >= 4 is 6.29 Å². The van der Waals surface area contributed by atoms with Crippen LogP contribution in [0.2, 0.25) is 0 Å². The molecule has 5 heteroatoms. The molecule has 0 fully saturated rings. The van der Waals surface area contributed by atoms with E-state index < -0.39 is 0 Å². The van der Waals surface area contributed by atoms with Crippen LogP contribution in [-0.4, -0.2) is 25.6 Å². The second kappa shape index (κ2) is 6.65. The molecule has 0 unspecified atom stereocenters. The molecule has 0 heterocycles. The van der Waals surface area contributed by atoms with E-state index in [-0.39, 0.29) is 11.3 Å². The Morgan fingerprint density at radius 3 is 2.33 bits per heavy atom. The highest BCUT2D eigenvalue weighted by Gasteiger charge is 2.11. The van der Waals surface area contributed by atoms with Gasteiger partial charge in [0.15, 0.2) is 17.8 Å². The van der Waals surface area contributed by atoms with Gasteiger partial charge < -0.3 is 19.3 Å². The first-order valence-electron chi connectivity index (χ1n) is 6.30. The van der Waals surface area contributed by atoms with Gasteiger partial charge in [-0.1, -0.05) is 12.1 Å². The summed E-state index contributed by atoms with van der Waals surface area (Å²) in [5.41, 5.74) is 1.10. The van der Waals surface area contributed by atoms with Crippen LogP contribution in [-0.2, 0) is 6.61 Å². The largest absolute Gasteiger partial charge is 0.507 e. The van der Waals surface area contributed by atoms with Gasteiger partial charge in [-0.25, -0.2) is 0 Å². The molecule has 0 saturated heterocycles. The average molecular weight is 288 g/mol. The van der Waals surface area contributed by atoms with Crippen molar-refractivity contribution in [3.8, 4) is 23.0 Å². The lowest BCUT2D eigenvalue weighted by Gasteiger charge is -2.12. The molecular formula is C16H16O5. The van der Waals surface area contributed by atoms with Crippen LogP contribution < -0.4 is 14.2 Å². The molecule has 0 amide bonds. The van der Waals surface area contributed by atoms with Gasteiger partial charge in [0.25, 0.3) is 0 Å². The summed E-state index contributed by atoms with van der Waals surface area (Å²) < 4.78 is 15.9. The zero-order valence-corrected chi connectivity index (χ0v) is 11.8. The van der Waals surface area contributed by atoms with Crippen LogP contribution in [0.25, 0.3) is 0 Å².